The van der Waals surface area contributed by atoms with Crippen LogP contribution in [0.2, 0.25) is 0 Å². The van der Waals surface area contributed by atoms with Crippen molar-refractivity contribution < 1.29 is 4.74 Å². The summed E-state index contributed by atoms with van der Waals surface area (Å²) in [5.74, 6) is 0. The van der Waals surface area contributed by atoms with Gasteiger partial charge < -0.3 is 10.1 Å². The summed E-state index contributed by atoms with van der Waals surface area (Å²) in [4.78, 5) is 2.58. The van der Waals surface area contributed by atoms with Gasteiger partial charge in [0.2, 0.25) is 0 Å². The van der Waals surface area contributed by atoms with E-state index in [1.807, 2.05) is 0 Å². The number of hydrogen-bond donors (Lipinski definition) is 1. The fourth-order valence-electron chi connectivity index (χ4n) is 2.97. The summed E-state index contributed by atoms with van der Waals surface area (Å²) in [6, 6.07) is 9.33. The normalized spacial score (nSPS) is 17.5. The molecule has 1 atom stereocenters. The van der Waals surface area contributed by atoms with E-state index in [9.17, 15) is 0 Å². The van der Waals surface area contributed by atoms with Gasteiger partial charge in [-0.25, -0.2) is 0 Å². The largest absolute Gasteiger partial charge is 0.383 e. The maximum absolute atomic E-state index is 5.44. The monoisotopic (exact) mass is 276 g/mol. The quantitative estimate of drug-likeness (QED) is 0.774. The van der Waals surface area contributed by atoms with Crippen molar-refractivity contribution in [2.24, 2.45) is 0 Å². The first-order chi connectivity index (χ1) is 9.85. The van der Waals surface area contributed by atoms with Crippen molar-refractivity contribution in [1.29, 1.82) is 0 Å². The maximum Gasteiger partial charge on any atom is 0.0630 e. The fourth-order valence-corrected chi connectivity index (χ4v) is 2.97. The molecule has 20 heavy (non-hydrogen) atoms. The first-order valence-corrected chi connectivity index (χ1v) is 7.85. The smallest absolute Gasteiger partial charge is 0.0630 e. The van der Waals surface area contributed by atoms with Gasteiger partial charge in [-0.15, -0.1) is 0 Å². The summed E-state index contributed by atoms with van der Waals surface area (Å²) in [5.41, 5.74) is 3.01. The molecule has 0 aromatic heterocycles. The molecule has 0 radical (unpaired) electrons. The Morgan fingerprint density at radius 3 is 2.85 bits per heavy atom. The van der Waals surface area contributed by atoms with E-state index in [2.05, 4.69) is 41.4 Å². The molecule has 1 N–H and O–H groups in total. The molecule has 1 aliphatic heterocycles. The molecule has 0 saturated heterocycles. The molecule has 1 aromatic carbocycles. The summed E-state index contributed by atoms with van der Waals surface area (Å²) < 4.78 is 5.44. The van der Waals surface area contributed by atoms with Crippen LogP contribution in [0.3, 0.4) is 0 Å². The van der Waals surface area contributed by atoms with Crippen molar-refractivity contribution in [2.75, 3.05) is 33.4 Å². The first kappa shape index (κ1) is 15.5. The van der Waals surface area contributed by atoms with Crippen molar-refractivity contribution in [3.63, 3.8) is 0 Å². The Labute approximate surface area is 123 Å². The van der Waals surface area contributed by atoms with Crippen LogP contribution in [0.1, 0.15) is 30.9 Å². The molecule has 3 heteroatoms. The standard InChI is InChI=1S/C17H28N2O/c1-3-10-18-12-17(14-20-2)19-11-6-9-15-7-4-5-8-16(15)13-19/h4-5,7-8,17-18H,3,6,9-14H2,1-2H3. The number of methoxy groups -OCH3 is 1. The Balaban J connectivity index is 2.01. The van der Waals surface area contributed by atoms with Crippen molar-refractivity contribution in [3.05, 3.63) is 35.4 Å². The number of nitrogens with zero attached hydrogens (tertiary/aromatic N) is 1. The van der Waals surface area contributed by atoms with E-state index in [-0.39, 0.29) is 0 Å². The van der Waals surface area contributed by atoms with E-state index < -0.39 is 0 Å². The highest BCUT2D eigenvalue weighted by Gasteiger charge is 2.21. The third-order valence-corrected chi connectivity index (χ3v) is 4.07. The minimum absolute atomic E-state index is 0.470. The third-order valence-electron chi connectivity index (χ3n) is 4.07. The Morgan fingerprint density at radius 1 is 1.30 bits per heavy atom. The molecule has 0 bridgehead atoms. The summed E-state index contributed by atoms with van der Waals surface area (Å²) in [5, 5.41) is 3.54. The Kier molecular flexibility index (Phi) is 6.51. The zero-order chi connectivity index (χ0) is 14.2. The second-order valence-electron chi connectivity index (χ2n) is 5.66. The number of ether oxygens (including phenoxy) is 1. The highest BCUT2D eigenvalue weighted by molar-refractivity contribution is 5.28. The lowest BCUT2D eigenvalue weighted by atomic mass is 10.0. The molecule has 0 aliphatic carbocycles. The molecule has 0 spiro atoms. The molecule has 1 aromatic rings. The van der Waals surface area contributed by atoms with Crippen LogP contribution in [-0.2, 0) is 17.7 Å². The van der Waals surface area contributed by atoms with Gasteiger partial charge in [-0.1, -0.05) is 31.2 Å². The number of aryl methyl sites for hydroxylation is 1. The van der Waals surface area contributed by atoms with Crippen molar-refractivity contribution in [1.82, 2.24) is 10.2 Å². The van der Waals surface area contributed by atoms with Crippen LogP contribution in [0.5, 0.6) is 0 Å². The maximum atomic E-state index is 5.44. The number of nitrogens with one attached hydrogen (secondary N) is 1. The van der Waals surface area contributed by atoms with Gasteiger partial charge in [-0.05, 0) is 43.5 Å². The lowest BCUT2D eigenvalue weighted by molar-refractivity contribution is 0.0852. The number of hydrogen-bond acceptors (Lipinski definition) is 3. The second kappa shape index (κ2) is 8.40. The van der Waals surface area contributed by atoms with Crippen LogP contribution in [0.4, 0.5) is 0 Å². The van der Waals surface area contributed by atoms with E-state index in [0.29, 0.717) is 6.04 Å². The molecule has 1 unspecified atom stereocenters. The van der Waals surface area contributed by atoms with Crippen LogP contribution in [0.25, 0.3) is 0 Å². The van der Waals surface area contributed by atoms with Gasteiger partial charge in [0.05, 0.1) is 6.61 Å². The molecule has 3 nitrogen and oxygen atoms in total. The van der Waals surface area contributed by atoms with Crippen molar-refractivity contribution >= 4 is 0 Å². The van der Waals surface area contributed by atoms with Gasteiger partial charge in [0.15, 0.2) is 0 Å². The van der Waals surface area contributed by atoms with Crippen LogP contribution >= 0.6 is 0 Å². The Morgan fingerprint density at radius 2 is 2.10 bits per heavy atom. The van der Waals surface area contributed by atoms with Gasteiger partial charge in [-0.2, -0.15) is 0 Å². The Hall–Kier alpha value is -0.900. The number of fused-ring (bicyclic) bond motifs is 1. The molecule has 0 amide bonds. The van der Waals surface area contributed by atoms with Crippen LogP contribution in [0, 0.1) is 0 Å². The van der Waals surface area contributed by atoms with Crippen molar-refractivity contribution in [2.45, 2.75) is 38.8 Å². The minimum atomic E-state index is 0.470. The van der Waals surface area contributed by atoms with Crippen LogP contribution in [-0.4, -0.2) is 44.3 Å². The highest BCUT2D eigenvalue weighted by Crippen LogP contribution is 2.20. The van der Waals surface area contributed by atoms with Gasteiger partial charge in [0.1, 0.15) is 0 Å². The highest BCUT2D eigenvalue weighted by atomic mass is 16.5. The van der Waals surface area contributed by atoms with E-state index in [1.54, 1.807) is 7.11 Å². The molecule has 1 heterocycles. The van der Waals surface area contributed by atoms with Crippen LogP contribution < -0.4 is 5.32 Å². The molecule has 0 fully saturated rings. The fraction of sp³-hybridized carbons (Fsp3) is 0.647. The van der Waals surface area contributed by atoms with E-state index in [4.69, 9.17) is 4.74 Å². The lowest BCUT2D eigenvalue weighted by Gasteiger charge is -2.30. The summed E-state index contributed by atoms with van der Waals surface area (Å²) in [6.45, 7) is 7.34. The van der Waals surface area contributed by atoms with E-state index >= 15 is 0 Å². The molecule has 2 rings (SSSR count). The predicted molar refractivity (Wildman–Crippen MR) is 84.0 cm³/mol. The Bertz CT molecular complexity index is 394. The number of rotatable bonds is 7. The average Bonchev–Trinajstić information content (AvgIpc) is 2.68. The average molecular weight is 276 g/mol. The number of benzene rings is 1. The van der Waals surface area contributed by atoms with Gasteiger partial charge in [0, 0.05) is 26.2 Å². The van der Waals surface area contributed by atoms with E-state index in [0.717, 1.165) is 32.8 Å². The SMILES string of the molecule is CCCNCC(COC)N1CCCc2ccccc2C1. The summed E-state index contributed by atoms with van der Waals surface area (Å²) >= 11 is 0. The zero-order valence-corrected chi connectivity index (χ0v) is 12.9. The van der Waals surface area contributed by atoms with Gasteiger partial charge in [-0.3, -0.25) is 4.90 Å². The predicted octanol–water partition coefficient (Wildman–Crippen LogP) is 2.45. The third kappa shape index (κ3) is 4.30. The van der Waals surface area contributed by atoms with E-state index in [1.165, 1.54) is 30.4 Å². The lowest BCUT2D eigenvalue weighted by Crippen LogP contribution is -2.45. The van der Waals surface area contributed by atoms with Gasteiger partial charge >= 0.3 is 0 Å². The molecule has 112 valence electrons. The molecular weight excluding hydrogens is 248 g/mol. The van der Waals surface area contributed by atoms with Crippen molar-refractivity contribution in [3.8, 4) is 0 Å². The van der Waals surface area contributed by atoms with Crippen LogP contribution in [0.15, 0.2) is 24.3 Å². The molecular formula is C17H28N2O. The minimum Gasteiger partial charge on any atom is -0.383 e. The molecule has 0 saturated carbocycles. The molecule has 1 aliphatic rings. The van der Waals surface area contributed by atoms with Gasteiger partial charge in [0.25, 0.3) is 0 Å². The topological polar surface area (TPSA) is 24.5 Å². The summed E-state index contributed by atoms with van der Waals surface area (Å²) in [7, 11) is 1.80. The second-order valence-corrected chi connectivity index (χ2v) is 5.66. The first-order valence-electron chi connectivity index (χ1n) is 7.85. The summed E-state index contributed by atoms with van der Waals surface area (Å²) in [6.07, 6.45) is 3.63. The zero-order valence-electron chi connectivity index (χ0n) is 12.9.